The van der Waals surface area contributed by atoms with E-state index < -0.39 is 0 Å². The van der Waals surface area contributed by atoms with Crippen molar-refractivity contribution in [2.24, 2.45) is 5.73 Å². The maximum atomic E-state index is 11.9. The highest BCUT2D eigenvalue weighted by Gasteiger charge is 2.06. The summed E-state index contributed by atoms with van der Waals surface area (Å²) in [5, 5.41) is 11.4. The van der Waals surface area contributed by atoms with E-state index in [4.69, 9.17) is 10.8 Å². The maximum absolute atomic E-state index is 11.9. The molecule has 0 aliphatic rings. The lowest BCUT2D eigenvalue weighted by Crippen LogP contribution is -2.25. The van der Waals surface area contributed by atoms with Gasteiger partial charge in [-0.15, -0.1) is 0 Å². The normalized spacial score (nSPS) is 9.50. The number of carbonyl (C=O) groups is 2. The van der Waals surface area contributed by atoms with Crippen LogP contribution < -0.4 is 11.1 Å². The SMILES string of the molecule is Cc1cc(C(=O)NCCCC(N)=O)ccc1C#CCO. The highest BCUT2D eigenvalue weighted by molar-refractivity contribution is 5.94. The third-order valence-corrected chi connectivity index (χ3v) is 2.68. The van der Waals surface area contributed by atoms with E-state index in [1.807, 2.05) is 6.92 Å². The van der Waals surface area contributed by atoms with Gasteiger partial charge >= 0.3 is 0 Å². The highest BCUT2D eigenvalue weighted by Crippen LogP contribution is 2.10. The Morgan fingerprint density at radius 3 is 2.75 bits per heavy atom. The summed E-state index contributed by atoms with van der Waals surface area (Å²) >= 11 is 0. The van der Waals surface area contributed by atoms with Crippen LogP contribution in [0.2, 0.25) is 0 Å². The van der Waals surface area contributed by atoms with Crippen LogP contribution in [0.4, 0.5) is 0 Å². The number of rotatable bonds is 5. The van der Waals surface area contributed by atoms with Crippen LogP contribution in [-0.2, 0) is 4.79 Å². The molecule has 1 rings (SSSR count). The van der Waals surface area contributed by atoms with Crippen molar-refractivity contribution in [3.05, 3.63) is 34.9 Å². The number of hydrogen-bond acceptors (Lipinski definition) is 3. The van der Waals surface area contributed by atoms with E-state index in [1.54, 1.807) is 18.2 Å². The van der Waals surface area contributed by atoms with E-state index in [0.717, 1.165) is 11.1 Å². The molecule has 4 N–H and O–H groups in total. The van der Waals surface area contributed by atoms with Crippen molar-refractivity contribution in [2.75, 3.05) is 13.2 Å². The van der Waals surface area contributed by atoms with Gasteiger partial charge < -0.3 is 16.2 Å². The van der Waals surface area contributed by atoms with Crippen molar-refractivity contribution in [1.82, 2.24) is 5.32 Å². The summed E-state index contributed by atoms with van der Waals surface area (Å²) in [6.45, 7) is 2.07. The van der Waals surface area contributed by atoms with Gasteiger partial charge in [0.15, 0.2) is 0 Å². The van der Waals surface area contributed by atoms with Crippen molar-refractivity contribution in [1.29, 1.82) is 0 Å². The number of nitrogens with two attached hydrogens (primary N) is 1. The lowest BCUT2D eigenvalue weighted by atomic mass is 10.0. The Labute approximate surface area is 118 Å². The van der Waals surface area contributed by atoms with Crippen LogP contribution in [-0.4, -0.2) is 30.1 Å². The van der Waals surface area contributed by atoms with Gasteiger partial charge in [-0.05, 0) is 37.1 Å². The second-order valence-electron chi connectivity index (χ2n) is 4.32. The fourth-order valence-corrected chi connectivity index (χ4v) is 1.65. The topological polar surface area (TPSA) is 92.4 Å². The molecule has 0 bridgehead atoms. The first-order valence-electron chi connectivity index (χ1n) is 6.31. The average molecular weight is 274 g/mol. The van der Waals surface area contributed by atoms with Gasteiger partial charge in [-0.25, -0.2) is 0 Å². The summed E-state index contributed by atoms with van der Waals surface area (Å²) in [5.74, 6) is 4.81. The summed E-state index contributed by atoms with van der Waals surface area (Å²) in [6, 6.07) is 5.17. The molecule has 2 amide bonds. The Kier molecular flexibility index (Phi) is 6.27. The van der Waals surface area contributed by atoms with Gasteiger partial charge in [-0.3, -0.25) is 9.59 Å². The van der Waals surface area contributed by atoms with E-state index in [-0.39, 0.29) is 24.8 Å². The highest BCUT2D eigenvalue weighted by atomic mass is 16.2. The van der Waals surface area contributed by atoms with Gasteiger partial charge in [-0.1, -0.05) is 11.8 Å². The Morgan fingerprint density at radius 2 is 2.15 bits per heavy atom. The monoisotopic (exact) mass is 274 g/mol. The second kappa shape index (κ2) is 7.97. The molecule has 0 saturated carbocycles. The van der Waals surface area contributed by atoms with Gasteiger partial charge in [0, 0.05) is 24.1 Å². The predicted octanol–water partition coefficient (Wildman–Crippen LogP) is 0.334. The molecule has 1 aromatic carbocycles. The molecule has 5 nitrogen and oxygen atoms in total. The largest absolute Gasteiger partial charge is 0.384 e. The first-order valence-corrected chi connectivity index (χ1v) is 6.31. The van der Waals surface area contributed by atoms with Gasteiger partial charge in [0.05, 0.1) is 0 Å². The molecule has 1 aromatic rings. The minimum atomic E-state index is -0.373. The average Bonchev–Trinajstić information content (AvgIpc) is 2.41. The standard InChI is InChI=1S/C15H18N2O3/c1-11-10-13(7-6-12(11)4-3-9-18)15(20)17-8-2-5-14(16)19/h6-7,10,18H,2,5,8-9H2,1H3,(H2,16,19)(H,17,20). The third kappa shape index (κ3) is 5.12. The minimum absolute atomic E-state index is 0.193. The molecule has 5 heteroatoms. The molecule has 0 aliphatic carbocycles. The molecule has 106 valence electrons. The Morgan fingerprint density at radius 1 is 1.40 bits per heavy atom. The molecule has 0 spiro atoms. The van der Waals surface area contributed by atoms with Crippen molar-refractivity contribution < 1.29 is 14.7 Å². The smallest absolute Gasteiger partial charge is 0.251 e. The van der Waals surface area contributed by atoms with Crippen molar-refractivity contribution >= 4 is 11.8 Å². The van der Waals surface area contributed by atoms with Crippen LogP contribution in [0.3, 0.4) is 0 Å². The molecule has 0 aromatic heterocycles. The van der Waals surface area contributed by atoms with Crippen LogP contribution in [0.25, 0.3) is 0 Å². The van der Waals surface area contributed by atoms with Gasteiger partial charge in [0.1, 0.15) is 6.61 Å². The Balaban J connectivity index is 2.61. The summed E-state index contributed by atoms with van der Waals surface area (Å²) in [4.78, 5) is 22.4. The molecular formula is C15H18N2O3. The predicted molar refractivity (Wildman–Crippen MR) is 75.9 cm³/mol. The number of benzene rings is 1. The van der Waals surface area contributed by atoms with Crippen LogP contribution in [0.1, 0.15) is 34.3 Å². The van der Waals surface area contributed by atoms with Gasteiger partial charge in [-0.2, -0.15) is 0 Å². The molecule has 0 heterocycles. The summed E-state index contributed by atoms with van der Waals surface area (Å²) in [7, 11) is 0. The summed E-state index contributed by atoms with van der Waals surface area (Å²) in [6.07, 6.45) is 0.787. The fraction of sp³-hybridized carbons (Fsp3) is 0.333. The van der Waals surface area contributed by atoms with E-state index in [2.05, 4.69) is 17.2 Å². The first-order chi connectivity index (χ1) is 9.54. The third-order valence-electron chi connectivity index (χ3n) is 2.68. The van der Waals surface area contributed by atoms with Gasteiger partial charge in [0.2, 0.25) is 5.91 Å². The Bertz CT molecular complexity index is 556. The van der Waals surface area contributed by atoms with Crippen LogP contribution in [0, 0.1) is 18.8 Å². The van der Waals surface area contributed by atoms with E-state index in [1.165, 1.54) is 0 Å². The molecular weight excluding hydrogens is 256 g/mol. The lowest BCUT2D eigenvalue weighted by Gasteiger charge is -2.06. The van der Waals surface area contributed by atoms with Gasteiger partial charge in [0.25, 0.3) is 5.91 Å². The summed E-state index contributed by atoms with van der Waals surface area (Å²) < 4.78 is 0. The maximum Gasteiger partial charge on any atom is 0.251 e. The number of aliphatic hydroxyl groups excluding tert-OH is 1. The van der Waals surface area contributed by atoms with E-state index in [0.29, 0.717) is 18.5 Å². The van der Waals surface area contributed by atoms with Crippen LogP contribution in [0.15, 0.2) is 18.2 Å². The van der Waals surface area contributed by atoms with Crippen LogP contribution >= 0.6 is 0 Å². The molecule has 0 atom stereocenters. The number of aryl methyl sites for hydroxylation is 1. The zero-order valence-electron chi connectivity index (χ0n) is 11.4. The fourth-order valence-electron chi connectivity index (χ4n) is 1.65. The molecule has 0 aliphatic heterocycles. The first kappa shape index (κ1) is 15.7. The number of primary amides is 1. The number of nitrogens with one attached hydrogen (secondary N) is 1. The molecule has 0 unspecified atom stereocenters. The number of hydrogen-bond donors (Lipinski definition) is 3. The number of carbonyl (C=O) groups excluding carboxylic acids is 2. The van der Waals surface area contributed by atoms with E-state index in [9.17, 15) is 9.59 Å². The minimum Gasteiger partial charge on any atom is -0.384 e. The molecule has 0 radical (unpaired) electrons. The quantitative estimate of drug-likeness (QED) is 0.534. The van der Waals surface area contributed by atoms with Crippen LogP contribution in [0.5, 0.6) is 0 Å². The molecule has 0 saturated heterocycles. The van der Waals surface area contributed by atoms with Crippen molar-refractivity contribution in [2.45, 2.75) is 19.8 Å². The zero-order chi connectivity index (χ0) is 15.0. The molecule has 20 heavy (non-hydrogen) atoms. The van der Waals surface area contributed by atoms with E-state index >= 15 is 0 Å². The zero-order valence-corrected chi connectivity index (χ0v) is 11.4. The number of aliphatic hydroxyl groups is 1. The number of amides is 2. The molecule has 0 fully saturated rings. The van der Waals surface area contributed by atoms with Crippen molar-refractivity contribution in [3.63, 3.8) is 0 Å². The Hall–Kier alpha value is -2.32. The summed E-state index contributed by atoms with van der Waals surface area (Å²) in [5.41, 5.74) is 7.21. The second-order valence-corrected chi connectivity index (χ2v) is 4.32. The lowest BCUT2D eigenvalue weighted by molar-refractivity contribution is -0.118. The van der Waals surface area contributed by atoms with Crippen molar-refractivity contribution in [3.8, 4) is 11.8 Å².